The molecule has 0 unspecified atom stereocenters. The van der Waals surface area contributed by atoms with E-state index in [0.29, 0.717) is 12.1 Å². The number of hydrogen-bond acceptors (Lipinski definition) is 4. The number of aromatic nitrogens is 3. The maximum Gasteiger partial charge on any atom is 0.413 e. The van der Waals surface area contributed by atoms with E-state index in [1.807, 2.05) is 20.8 Å². The fraction of sp³-hybridized carbons (Fsp3) is 0.750. The van der Waals surface area contributed by atoms with Gasteiger partial charge in [-0.2, -0.15) is 0 Å². The third-order valence-corrected chi connectivity index (χ3v) is 1.79. The number of aryl methyl sites for hydroxylation is 1. The molecule has 1 aromatic heterocycles. The van der Waals surface area contributed by atoms with Gasteiger partial charge in [-0.05, 0) is 10.3 Å². The molecule has 14 heavy (non-hydrogen) atoms. The number of rotatable bonds is 2. The van der Waals surface area contributed by atoms with E-state index in [-0.39, 0.29) is 11.2 Å². The van der Waals surface area contributed by atoms with Gasteiger partial charge in [0.2, 0.25) is 0 Å². The highest BCUT2D eigenvalue weighted by Gasteiger charge is 2.26. The van der Waals surface area contributed by atoms with Gasteiger partial charge in [0.25, 0.3) is 0 Å². The predicted molar refractivity (Wildman–Crippen MR) is 50.8 cm³/mol. The second-order valence-corrected chi connectivity index (χ2v) is 4.48. The lowest BCUT2D eigenvalue weighted by Gasteiger charge is -2.16. The molecule has 0 spiro atoms. The van der Waals surface area contributed by atoms with Crippen LogP contribution in [0.4, 0.5) is 5.82 Å². The zero-order chi connectivity index (χ0) is 10.9. The van der Waals surface area contributed by atoms with Gasteiger partial charge in [0, 0.05) is 13.5 Å². The lowest BCUT2D eigenvalue weighted by molar-refractivity contribution is -0.390. The molecular weight excluding hydrogens is 184 g/mol. The van der Waals surface area contributed by atoms with Crippen molar-refractivity contribution in [2.45, 2.75) is 27.2 Å². The van der Waals surface area contributed by atoms with Crippen molar-refractivity contribution in [1.29, 1.82) is 0 Å². The molecule has 0 aliphatic rings. The highest BCUT2D eigenvalue weighted by Crippen LogP contribution is 2.24. The van der Waals surface area contributed by atoms with E-state index in [1.54, 1.807) is 7.05 Å². The number of nitro groups is 1. The molecule has 6 nitrogen and oxygen atoms in total. The van der Waals surface area contributed by atoms with Gasteiger partial charge in [-0.3, -0.25) is 0 Å². The Kier molecular flexibility index (Phi) is 2.55. The van der Waals surface area contributed by atoms with Crippen molar-refractivity contribution in [3.8, 4) is 0 Å². The molecule has 0 aliphatic heterocycles. The Hall–Kier alpha value is -1.46. The van der Waals surface area contributed by atoms with Crippen molar-refractivity contribution in [3.05, 3.63) is 15.8 Å². The minimum absolute atomic E-state index is 0.0137. The Morgan fingerprint density at radius 1 is 1.50 bits per heavy atom. The highest BCUT2D eigenvalue weighted by molar-refractivity contribution is 5.25. The number of nitrogens with zero attached hydrogens (tertiary/aromatic N) is 4. The summed E-state index contributed by atoms with van der Waals surface area (Å²) >= 11 is 0. The fourth-order valence-corrected chi connectivity index (χ4v) is 1.20. The summed E-state index contributed by atoms with van der Waals surface area (Å²) in [4.78, 5) is 10.1. The lowest BCUT2D eigenvalue weighted by Crippen LogP contribution is -2.13. The van der Waals surface area contributed by atoms with Crippen LogP contribution in [0.1, 0.15) is 26.5 Å². The maximum absolute atomic E-state index is 10.6. The molecule has 1 heterocycles. The van der Waals surface area contributed by atoms with Crippen LogP contribution in [0.2, 0.25) is 0 Å². The molecule has 1 aromatic rings. The predicted octanol–water partition coefficient (Wildman–Crippen LogP) is 1.31. The van der Waals surface area contributed by atoms with E-state index < -0.39 is 4.92 Å². The zero-order valence-corrected chi connectivity index (χ0v) is 8.81. The lowest BCUT2D eigenvalue weighted by atomic mass is 9.90. The van der Waals surface area contributed by atoms with Crippen LogP contribution in [-0.4, -0.2) is 19.9 Å². The summed E-state index contributed by atoms with van der Waals surface area (Å²) in [5.74, 6) is -0.137. The molecule has 6 heteroatoms. The standard InChI is InChI=1S/C8H14N4O2/c1-8(2,3)5-6-7(12(13)14)9-10-11(6)4/h5H2,1-4H3. The Morgan fingerprint density at radius 3 is 2.50 bits per heavy atom. The summed E-state index contributed by atoms with van der Waals surface area (Å²) in [6.07, 6.45) is 0.590. The van der Waals surface area contributed by atoms with Crippen LogP contribution in [0, 0.1) is 15.5 Å². The van der Waals surface area contributed by atoms with Crippen LogP contribution in [0.5, 0.6) is 0 Å². The van der Waals surface area contributed by atoms with Crippen LogP contribution in [0.25, 0.3) is 0 Å². The molecular formula is C8H14N4O2. The smallest absolute Gasteiger partial charge is 0.358 e. The van der Waals surface area contributed by atoms with Gasteiger partial charge >= 0.3 is 5.82 Å². The molecule has 1 rings (SSSR count). The van der Waals surface area contributed by atoms with Crippen LogP contribution >= 0.6 is 0 Å². The highest BCUT2D eigenvalue weighted by atomic mass is 16.6. The van der Waals surface area contributed by atoms with Gasteiger partial charge in [-0.1, -0.05) is 20.8 Å². The van der Waals surface area contributed by atoms with Crippen molar-refractivity contribution in [2.75, 3.05) is 0 Å². The Bertz CT molecular complexity index is 351. The van der Waals surface area contributed by atoms with Crippen molar-refractivity contribution in [3.63, 3.8) is 0 Å². The van der Waals surface area contributed by atoms with Crippen molar-refractivity contribution < 1.29 is 4.92 Å². The van der Waals surface area contributed by atoms with Crippen LogP contribution in [-0.2, 0) is 13.5 Å². The van der Waals surface area contributed by atoms with E-state index >= 15 is 0 Å². The molecule has 0 aromatic carbocycles. The Balaban J connectivity index is 3.06. The molecule has 0 saturated carbocycles. The van der Waals surface area contributed by atoms with Crippen molar-refractivity contribution >= 4 is 5.82 Å². The average Bonchev–Trinajstić information content (AvgIpc) is 2.29. The first kappa shape index (κ1) is 10.6. The van der Waals surface area contributed by atoms with Crippen LogP contribution in [0.3, 0.4) is 0 Å². The molecule has 0 atom stereocenters. The molecule has 0 radical (unpaired) electrons. The van der Waals surface area contributed by atoms with E-state index in [1.165, 1.54) is 4.68 Å². The normalized spacial score (nSPS) is 11.7. The summed E-state index contributed by atoms with van der Waals surface area (Å²) in [6.45, 7) is 6.05. The average molecular weight is 198 g/mol. The summed E-state index contributed by atoms with van der Waals surface area (Å²) in [7, 11) is 1.67. The van der Waals surface area contributed by atoms with Crippen LogP contribution in [0.15, 0.2) is 0 Å². The summed E-state index contributed by atoms with van der Waals surface area (Å²) in [5.41, 5.74) is 0.558. The van der Waals surface area contributed by atoms with E-state index in [0.717, 1.165) is 0 Å². The monoisotopic (exact) mass is 198 g/mol. The summed E-state index contributed by atoms with van der Waals surface area (Å²) in [5, 5.41) is 17.8. The zero-order valence-electron chi connectivity index (χ0n) is 8.81. The Labute approximate surface area is 82.1 Å². The molecule has 0 aliphatic carbocycles. The van der Waals surface area contributed by atoms with Gasteiger partial charge in [-0.15, -0.1) is 0 Å². The largest absolute Gasteiger partial charge is 0.413 e. The molecule has 0 saturated heterocycles. The van der Waals surface area contributed by atoms with Gasteiger partial charge in [0.1, 0.15) is 10.8 Å². The SMILES string of the molecule is Cn1nnc([N+](=O)[O-])c1CC(C)(C)C. The van der Waals surface area contributed by atoms with Gasteiger partial charge in [0.15, 0.2) is 0 Å². The van der Waals surface area contributed by atoms with Crippen molar-refractivity contribution in [1.82, 2.24) is 15.0 Å². The molecule has 78 valence electrons. The van der Waals surface area contributed by atoms with Gasteiger partial charge in [-0.25, -0.2) is 4.68 Å². The van der Waals surface area contributed by atoms with Crippen LogP contribution < -0.4 is 0 Å². The van der Waals surface area contributed by atoms with E-state index in [4.69, 9.17) is 0 Å². The Morgan fingerprint density at radius 2 is 2.07 bits per heavy atom. The van der Waals surface area contributed by atoms with E-state index in [2.05, 4.69) is 10.3 Å². The molecule has 0 amide bonds. The van der Waals surface area contributed by atoms with Crippen molar-refractivity contribution in [2.24, 2.45) is 12.5 Å². The number of hydrogen-bond donors (Lipinski definition) is 0. The topological polar surface area (TPSA) is 73.8 Å². The van der Waals surface area contributed by atoms with Gasteiger partial charge < -0.3 is 10.1 Å². The first-order valence-electron chi connectivity index (χ1n) is 4.34. The van der Waals surface area contributed by atoms with Gasteiger partial charge in [0.05, 0.1) is 5.21 Å². The second kappa shape index (κ2) is 3.36. The maximum atomic E-state index is 10.6. The molecule has 0 fully saturated rings. The summed E-state index contributed by atoms with van der Waals surface area (Å²) < 4.78 is 1.46. The first-order valence-corrected chi connectivity index (χ1v) is 4.34. The fourth-order valence-electron chi connectivity index (χ4n) is 1.20. The minimum atomic E-state index is -0.492. The molecule has 0 bridgehead atoms. The van der Waals surface area contributed by atoms with E-state index in [9.17, 15) is 10.1 Å². The summed E-state index contributed by atoms with van der Waals surface area (Å²) in [6, 6.07) is 0. The third kappa shape index (κ3) is 2.27. The second-order valence-electron chi connectivity index (χ2n) is 4.48. The molecule has 0 N–H and O–H groups in total. The third-order valence-electron chi connectivity index (χ3n) is 1.79. The first-order chi connectivity index (χ1) is 6.31. The quantitative estimate of drug-likeness (QED) is 0.530. The minimum Gasteiger partial charge on any atom is -0.358 e.